The van der Waals surface area contributed by atoms with Crippen LogP contribution in [0.15, 0.2) is 8.68 Å². The predicted octanol–water partition coefficient (Wildman–Crippen LogP) is 2.87. The van der Waals surface area contributed by atoms with E-state index in [-0.39, 0.29) is 0 Å². The molecule has 0 bridgehead atoms. The zero-order valence-corrected chi connectivity index (χ0v) is 12.0. The van der Waals surface area contributed by atoms with Crippen LogP contribution < -0.4 is 5.73 Å². The van der Waals surface area contributed by atoms with E-state index in [0.717, 1.165) is 21.0 Å². The minimum Gasteiger partial charge on any atom is -0.327 e. The number of nitrogens with zero attached hydrogens (tertiary/aromatic N) is 2. The van der Waals surface area contributed by atoms with Gasteiger partial charge in [0.15, 0.2) is 8.68 Å². The van der Waals surface area contributed by atoms with Crippen molar-refractivity contribution in [1.82, 2.24) is 10.2 Å². The summed E-state index contributed by atoms with van der Waals surface area (Å²) in [5.41, 5.74) is 6.16. The van der Waals surface area contributed by atoms with Crippen molar-refractivity contribution in [2.24, 2.45) is 11.7 Å². The minimum absolute atomic E-state index is 0.322. The Hall–Kier alpha value is 0.220. The lowest BCUT2D eigenvalue weighted by molar-refractivity contribution is 0.357. The molecule has 1 fully saturated rings. The summed E-state index contributed by atoms with van der Waals surface area (Å²) in [4.78, 5) is 0. The maximum absolute atomic E-state index is 6.16. The third-order valence-electron chi connectivity index (χ3n) is 2.92. The van der Waals surface area contributed by atoms with Gasteiger partial charge in [0, 0.05) is 11.3 Å². The summed E-state index contributed by atoms with van der Waals surface area (Å²) in [5.74, 6) is 0.797. The van der Waals surface area contributed by atoms with Gasteiger partial charge in [-0.05, 0) is 31.4 Å². The molecule has 1 aromatic rings. The second-order valence-electron chi connectivity index (χ2n) is 4.28. The molecule has 90 valence electrons. The fourth-order valence-electron chi connectivity index (χ4n) is 1.94. The van der Waals surface area contributed by atoms with Crippen molar-refractivity contribution < 1.29 is 0 Å². The van der Waals surface area contributed by atoms with Crippen molar-refractivity contribution in [3.05, 3.63) is 0 Å². The van der Waals surface area contributed by atoms with Gasteiger partial charge in [0.05, 0.1) is 0 Å². The number of rotatable bonds is 3. The monoisotopic (exact) mass is 275 g/mol. The second kappa shape index (κ2) is 5.71. The molecule has 3 unspecified atom stereocenters. The molecule has 0 saturated heterocycles. The van der Waals surface area contributed by atoms with E-state index in [9.17, 15) is 0 Å². The first-order valence-corrected chi connectivity index (χ1v) is 8.41. The average Bonchev–Trinajstić information content (AvgIpc) is 2.71. The summed E-state index contributed by atoms with van der Waals surface area (Å²) in [6.45, 7) is 2.31. The average molecular weight is 275 g/mol. The van der Waals surface area contributed by atoms with E-state index in [4.69, 9.17) is 5.73 Å². The Morgan fingerprint density at radius 3 is 2.75 bits per heavy atom. The highest BCUT2D eigenvalue weighted by Crippen LogP contribution is 2.37. The summed E-state index contributed by atoms with van der Waals surface area (Å²) < 4.78 is 2.11. The number of thioether (sulfide) groups is 2. The van der Waals surface area contributed by atoms with Crippen LogP contribution in [0.2, 0.25) is 0 Å². The molecule has 6 heteroatoms. The molecule has 16 heavy (non-hydrogen) atoms. The lowest BCUT2D eigenvalue weighted by atomic mass is 9.87. The van der Waals surface area contributed by atoms with Crippen LogP contribution in [0, 0.1) is 5.92 Å². The quantitative estimate of drug-likeness (QED) is 0.860. The van der Waals surface area contributed by atoms with E-state index >= 15 is 0 Å². The van der Waals surface area contributed by atoms with Gasteiger partial charge >= 0.3 is 0 Å². The largest absolute Gasteiger partial charge is 0.327 e. The standard InChI is InChI=1S/C10H17N3S3/c1-6-3-4-7(11)8(5-6)15-10-13-12-9(14-2)16-10/h6-8H,3-5,11H2,1-2H3. The van der Waals surface area contributed by atoms with Gasteiger partial charge in [-0.1, -0.05) is 41.8 Å². The molecular weight excluding hydrogens is 258 g/mol. The van der Waals surface area contributed by atoms with Crippen LogP contribution >= 0.6 is 34.9 Å². The molecule has 1 aliphatic rings. The minimum atomic E-state index is 0.322. The highest BCUT2D eigenvalue weighted by Gasteiger charge is 2.27. The highest BCUT2D eigenvalue weighted by atomic mass is 32.2. The van der Waals surface area contributed by atoms with E-state index in [2.05, 4.69) is 17.1 Å². The molecule has 3 nitrogen and oxygen atoms in total. The molecule has 0 spiro atoms. The first-order chi connectivity index (χ1) is 7.69. The number of nitrogens with two attached hydrogens (primary N) is 1. The van der Waals surface area contributed by atoms with Crippen molar-refractivity contribution in [3.8, 4) is 0 Å². The predicted molar refractivity (Wildman–Crippen MR) is 72.3 cm³/mol. The molecule has 3 atom stereocenters. The molecule has 2 N–H and O–H groups in total. The van der Waals surface area contributed by atoms with Crippen LogP contribution in [0.1, 0.15) is 26.2 Å². The molecule has 1 heterocycles. The van der Waals surface area contributed by atoms with Gasteiger partial charge in [-0.2, -0.15) is 0 Å². The van der Waals surface area contributed by atoms with Crippen molar-refractivity contribution in [1.29, 1.82) is 0 Å². The van der Waals surface area contributed by atoms with Crippen LogP contribution in [-0.2, 0) is 0 Å². The van der Waals surface area contributed by atoms with E-state index < -0.39 is 0 Å². The van der Waals surface area contributed by atoms with Gasteiger partial charge < -0.3 is 5.73 Å². The molecule has 1 aliphatic carbocycles. The van der Waals surface area contributed by atoms with Gasteiger partial charge in [-0.15, -0.1) is 10.2 Å². The zero-order chi connectivity index (χ0) is 11.5. The van der Waals surface area contributed by atoms with Crippen LogP contribution in [0.5, 0.6) is 0 Å². The third-order valence-corrected chi connectivity index (χ3v) is 6.28. The molecule has 0 amide bonds. The molecule has 2 rings (SSSR count). The first kappa shape index (κ1) is 12.7. The Bertz CT molecular complexity index is 342. The summed E-state index contributed by atoms with van der Waals surface area (Å²) in [6, 6.07) is 0.322. The lowest BCUT2D eigenvalue weighted by Crippen LogP contribution is -2.37. The van der Waals surface area contributed by atoms with Gasteiger partial charge in [-0.25, -0.2) is 0 Å². The fraction of sp³-hybridized carbons (Fsp3) is 0.800. The molecule has 0 aliphatic heterocycles. The summed E-state index contributed by atoms with van der Waals surface area (Å²) in [6.07, 6.45) is 5.65. The maximum atomic E-state index is 6.16. The summed E-state index contributed by atoms with van der Waals surface area (Å²) in [7, 11) is 0. The van der Waals surface area contributed by atoms with Crippen LogP contribution in [0.25, 0.3) is 0 Å². The van der Waals surface area contributed by atoms with Crippen LogP contribution in [0.3, 0.4) is 0 Å². The highest BCUT2D eigenvalue weighted by molar-refractivity contribution is 8.03. The summed E-state index contributed by atoms with van der Waals surface area (Å²) in [5, 5.41) is 8.83. The van der Waals surface area contributed by atoms with E-state index in [1.54, 1.807) is 23.1 Å². The molecular formula is C10H17N3S3. The molecule has 0 aromatic carbocycles. The number of aromatic nitrogens is 2. The summed E-state index contributed by atoms with van der Waals surface area (Å²) >= 11 is 5.15. The number of hydrogen-bond acceptors (Lipinski definition) is 6. The number of hydrogen-bond donors (Lipinski definition) is 1. The first-order valence-electron chi connectivity index (χ1n) is 5.48. The van der Waals surface area contributed by atoms with E-state index in [1.165, 1.54) is 12.8 Å². The third kappa shape index (κ3) is 3.12. The van der Waals surface area contributed by atoms with Gasteiger partial charge in [0.25, 0.3) is 0 Å². The van der Waals surface area contributed by atoms with Gasteiger partial charge in [-0.3, -0.25) is 0 Å². The van der Waals surface area contributed by atoms with Gasteiger partial charge in [0.1, 0.15) is 0 Å². The van der Waals surface area contributed by atoms with Crippen molar-refractivity contribution in [2.45, 2.75) is 46.2 Å². The normalized spacial score (nSPS) is 30.6. The fourth-order valence-corrected chi connectivity index (χ4v) is 4.99. The SMILES string of the molecule is CSc1nnc(SC2CC(C)CCC2N)s1. The van der Waals surface area contributed by atoms with Crippen LogP contribution in [0.4, 0.5) is 0 Å². The lowest BCUT2D eigenvalue weighted by Gasteiger charge is -2.31. The van der Waals surface area contributed by atoms with Crippen molar-refractivity contribution in [3.63, 3.8) is 0 Å². The molecule has 1 saturated carbocycles. The Labute approximate surface area is 109 Å². The topological polar surface area (TPSA) is 51.8 Å². The second-order valence-corrected chi connectivity index (χ2v) is 7.79. The Morgan fingerprint density at radius 1 is 1.31 bits per heavy atom. The Kier molecular flexibility index (Phi) is 4.52. The zero-order valence-electron chi connectivity index (χ0n) is 9.55. The smallest absolute Gasteiger partial charge is 0.175 e. The van der Waals surface area contributed by atoms with E-state index in [0.29, 0.717) is 11.3 Å². The van der Waals surface area contributed by atoms with Crippen LogP contribution in [-0.4, -0.2) is 27.7 Å². The maximum Gasteiger partial charge on any atom is 0.175 e. The van der Waals surface area contributed by atoms with Gasteiger partial charge in [0.2, 0.25) is 0 Å². The Balaban J connectivity index is 1.97. The molecule has 0 radical (unpaired) electrons. The van der Waals surface area contributed by atoms with E-state index in [1.807, 2.05) is 18.0 Å². The molecule has 1 aromatic heterocycles. The van der Waals surface area contributed by atoms with Crippen molar-refractivity contribution in [2.75, 3.05) is 6.26 Å². The van der Waals surface area contributed by atoms with Crippen molar-refractivity contribution >= 4 is 34.9 Å². The Morgan fingerprint density at radius 2 is 2.06 bits per heavy atom.